The molecule has 1 saturated carbocycles. The minimum atomic E-state index is -0.544. The Kier molecular flexibility index (Phi) is 2.04. The Labute approximate surface area is 82.5 Å². The zero-order chi connectivity index (χ0) is 10.2. The monoisotopic (exact) mass is 191 g/mol. The van der Waals surface area contributed by atoms with Gasteiger partial charge in [0.2, 0.25) is 0 Å². The second kappa shape index (κ2) is 3.10. The number of phenolic OH excluding ortho intramolecular Hbond substituents is 1. The maximum Gasteiger partial charge on any atom is 0.156 e. The van der Waals surface area contributed by atoms with E-state index >= 15 is 0 Å². The van der Waals surface area contributed by atoms with Crippen molar-refractivity contribution in [2.45, 2.75) is 24.8 Å². The van der Waals surface area contributed by atoms with Crippen molar-refractivity contribution in [2.75, 3.05) is 0 Å². The summed E-state index contributed by atoms with van der Waals surface area (Å²) in [5, 5.41) is 9.05. The molecule has 0 aliphatic heterocycles. The quantitative estimate of drug-likeness (QED) is 0.749. The van der Waals surface area contributed by atoms with Crippen molar-refractivity contribution >= 4 is 5.78 Å². The number of aromatic hydroxyl groups is 1. The van der Waals surface area contributed by atoms with Crippen LogP contribution in [0.1, 0.15) is 18.4 Å². The molecule has 74 valence electrons. The van der Waals surface area contributed by atoms with E-state index < -0.39 is 5.54 Å². The summed E-state index contributed by atoms with van der Waals surface area (Å²) in [6.07, 6.45) is 1.99. The molecule has 0 atom stereocenters. The van der Waals surface area contributed by atoms with E-state index in [4.69, 9.17) is 10.8 Å². The van der Waals surface area contributed by atoms with Gasteiger partial charge < -0.3 is 10.8 Å². The maximum absolute atomic E-state index is 11.6. The van der Waals surface area contributed by atoms with E-state index in [2.05, 4.69) is 0 Å². The lowest BCUT2D eigenvalue weighted by atomic mass is 10.0. The molecule has 0 amide bonds. The van der Waals surface area contributed by atoms with Gasteiger partial charge >= 0.3 is 0 Å². The molecular weight excluding hydrogens is 178 g/mol. The number of hydrogen-bond donors (Lipinski definition) is 2. The summed E-state index contributed by atoms with van der Waals surface area (Å²) >= 11 is 0. The van der Waals surface area contributed by atoms with Gasteiger partial charge in [0.15, 0.2) is 5.78 Å². The number of phenols is 1. The van der Waals surface area contributed by atoms with Crippen LogP contribution in [-0.4, -0.2) is 16.4 Å². The van der Waals surface area contributed by atoms with Crippen LogP contribution < -0.4 is 5.73 Å². The van der Waals surface area contributed by atoms with Gasteiger partial charge in [-0.2, -0.15) is 0 Å². The Bertz CT molecular complexity index is 352. The molecule has 2 rings (SSSR count). The van der Waals surface area contributed by atoms with Crippen LogP contribution in [0.3, 0.4) is 0 Å². The largest absolute Gasteiger partial charge is 0.508 e. The molecule has 0 heterocycles. The lowest BCUT2D eigenvalue weighted by molar-refractivity contribution is -0.120. The first-order valence-corrected chi connectivity index (χ1v) is 4.70. The summed E-state index contributed by atoms with van der Waals surface area (Å²) in [7, 11) is 0. The highest BCUT2D eigenvalue weighted by Gasteiger charge is 2.44. The van der Waals surface area contributed by atoms with E-state index in [1.54, 1.807) is 24.3 Å². The summed E-state index contributed by atoms with van der Waals surface area (Å²) in [5.74, 6) is 0.318. The standard InChI is InChI=1S/C11H13NO2/c12-11(5-6-11)10(14)7-8-1-3-9(13)4-2-8/h1-4,13H,5-7,12H2. The number of rotatable bonds is 3. The molecule has 1 aliphatic rings. The second-order valence-electron chi connectivity index (χ2n) is 3.92. The Hall–Kier alpha value is -1.35. The minimum absolute atomic E-state index is 0.100. The minimum Gasteiger partial charge on any atom is -0.508 e. The van der Waals surface area contributed by atoms with Gasteiger partial charge in [0.1, 0.15) is 5.75 Å². The molecule has 3 nitrogen and oxygen atoms in total. The van der Waals surface area contributed by atoms with Crippen molar-refractivity contribution in [3.63, 3.8) is 0 Å². The van der Waals surface area contributed by atoms with Gasteiger partial charge in [0.05, 0.1) is 5.54 Å². The van der Waals surface area contributed by atoms with Gasteiger partial charge in [-0.25, -0.2) is 0 Å². The maximum atomic E-state index is 11.6. The highest BCUT2D eigenvalue weighted by Crippen LogP contribution is 2.34. The fourth-order valence-electron chi connectivity index (χ4n) is 1.39. The summed E-state index contributed by atoms with van der Waals surface area (Å²) < 4.78 is 0. The van der Waals surface area contributed by atoms with Crippen LogP contribution in [0, 0.1) is 0 Å². The predicted molar refractivity (Wildman–Crippen MR) is 53.0 cm³/mol. The number of carbonyl (C=O) groups excluding carboxylic acids is 1. The zero-order valence-electron chi connectivity index (χ0n) is 7.86. The van der Waals surface area contributed by atoms with Crippen molar-refractivity contribution in [3.8, 4) is 5.75 Å². The Morgan fingerprint density at radius 3 is 2.43 bits per heavy atom. The molecule has 1 fully saturated rings. The molecule has 0 aromatic heterocycles. The average Bonchev–Trinajstić information content (AvgIpc) is 2.89. The first-order chi connectivity index (χ1) is 6.60. The SMILES string of the molecule is NC1(C(=O)Cc2ccc(O)cc2)CC1. The summed E-state index contributed by atoms with van der Waals surface area (Å²) in [6.45, 7) is 0. The third-order valence-corrected chi connectivity index (χ3v) is 2.65. The van der Waals surface area contributed by atoms with E-state index in [9.17, 15) is 4.79 Å². The van der Waals surface area contributed by atoms with Gasteiger partial charge in [-0.15, -0.1) is 0 Å². The number of Topliss-reactive ketones (excluding diaryl/α,β-unsaturated/α-hetero) is 1. The molecule has 14 heavy (non-hydrogen) atoms. The zero-order valence-corrected chi connectivity index (χ0v) is 7.86. The lowest BCUT2D eigenvalue weighted by Crippen LogP contribution is -2.33. The van der Waals surface area contributed by atoms with Crippen molar-refractivity contribution < 1.29 is 9.90 Å². The molecule has 0 unspecified atom stereocenters. The van der Waals surface area contributed by atoms with Crippen molar-refractivity contribution in [2.24, 2.45) is 5.73 Å². The van der Waals surface area contributed by atoms with E-state index in [-0.39, 0.29) is 11.5 Å². The number of carbonyl (C=O) groups is 1. The molecule has 0 spiro atoms. The smallest absolute Gasteiger partial charge is 0.156 e. The number of benzene rings is 1. The topological polar surface area (TPSA) is 63.3 Å². The first kappa shape index (κ1) is 9.21. The Morgan fingerprint density at radius 2 is 1.93 bits per heavy atom. The van der Waals surface area contributed by atoms with E-state index in [0.717, 1.165) is 18.4 Å². The van der Waals surface area contributed by atoms with Crippen LogP contribution in [-0.2, 0) is 11.2 Å². The highest BCUT2D eigenvalue weighted by molar-refractivity contribution is 5.92. The molecule has 0 radical (unpaired) electrons. The highest BCUT2D eigenvalue weighted by atomic mass is 16.3. The molecule has 1 aromatic carbocycles. The van der Waals surface area contributed by atoms with Crippen molar-refractivity contribution in [3.05, 3.63) is 29.8 Å². The Morgan fingerprint density at radius 1 is 1.36 bits per heavy atom. The Balaban J connectivity index is 2.04. The fraction of sp³-hybridized carbons (Fsp3) is 0.364. The molecule has 0 saturated heterocycles. The van der Waals surface area contributed by atoms with E-state index in [1.807, 2.05) is 0 Å². The third-order valence-electron chi connectivity index (χ3n) is 2.65. The molecule has 0 bridgehead atoms. The van der Waals surface area contributed by atoms with Gasteiger partial charge in [-0.1, -0.05) is 12.1 Å². The number of nitrogens with two attached hydrogens (primary N) is 1. The molecule has 1 aliphatic carbocycles. The van der Waals surface area contributed by atoms with Gasteiger partial charge in [-0.3, -0.25) is 4.79 Å². The molecule has 1 aromatic rings. The predicted octanol–water partition coefficient (Wildman–Crippen LogP) is 0.995. The average molecular weight is 191 g/mol. The van der Waals surface area contributed by atoms with E-state index in [0.29, 0.717) is 6.42 Å². The van der Waals surface area contributed by atoms with Gasteiger partial charge in [0, 0.05) is 6.42 Å². The molecular formula is C11H13NO2. The molecule has 3 heteroatoms. The van der Waals surface area contributed by atoms with Crippen LogP contribution in [0.5, 0.6) is 5.75 Å². The van der Waals surface area contributed by atoms with E-state index in [1.165, 1.54) is 0 Å². The van der Waals surface area contributed by atoms with Crippen LogP contribution in [0.15, 0.2) is 24.3 Å². The normalized spacial score (nSPS) is 17.8. The number of hydrogen-bond acceptors (Lipinski definition) is 3. The van der Waals surface area contributed by atoms with Gasteiger partial charge in [-0.05, 0) is 30.5 Å². The summed E-state index contributed by atoms with van der Waals surface area (Å²) in [6, 6.07) is 6.66. The van der Waals surface area contributed by atoms with Crippen LogP contribution in [0.25, 0.3) is 0 Å². The van der Waals surface area contributed by atoms with Crippen molar-refractivity contribution in [1.29, 1.82) is 0 Å². The fourth-order valence-corrected chi connectivity index (χ4v) is 1.39. The van der Waals surface area contributed by atoms with Crippen LogP contribution in [0.2, 0.25) is 0 Å². The third kappa shape index (κ3) is 1.77. The lowest BCUT2D eigenvalue weighted by Gasteiger charge is -2.06. The summed E-state index contributed by atoms with van der Waals surface area (Å²) in [4.78, 5) is 11.6. The summed E-state index contributed by atoms with van der Waals surface area (Å²) in [5.41, 5.74) is 6.13. The number of ketones is 1. The van der Waals surface area contributed by atoms with Crippen LogP contribution in [0.4, 0.5) is 0 Å². The van der Waals surface area contributed by atoms with Crippen LogP contribution >= 0.6 is 0 Å². The molecule has 3 N–H and O–H groups in total. The van der Waals surface area contributed by atoms with Gasteiger partial charge in [0.25, 0.3) is 0 Å². The second-order valence-corrected chi connectivity index (χ2v) is 3.92. The first-order valence-electron chi connectivity index (χ1n) is 4.70. The van der Waals surface area contributed by atoms with Crippen molar-refractivity contribution in [1.82, 2.24) is 0 Å².